The van der Waals surface area contributed by atoms with Gasteiger partial charge in [-0.15, -0.1) is 11.3 Å². The van der Waals surface area contributed by atoms with Crippen LogP contribution in [0.15, 0.2) is 46.7 Å². The molecule has 2 aromatic carbocycles. The zero-order valence-electron chi connectivity index (χ0n) is 19.1. The Morgan fingerprint density at radius 3 is 2.44 bits per heavy atom. The molecule has 0 aliphatic carbocycles. The van der Waals surface area contributed by atoms with E-state index in [4.69, 9.17) is 16.3 Å². The zero-order valence-corrected chi connectivity index (χ0v) is 21.5. The van der Waals surface area contributed by atoms with E-state index in [1.807, 2.05) is 26.8 Å². The number of amides is 1. The lowest BCUT2D eigenvalue weighted by Gasteiger charge is -2.32. The fourth-order valence-corrected chi connectivity index (χ4v) is 6.25. The molecule has 34 heavy (non-hydrogen) atoms. The van der Waals surface area contributed by atoms with E-state index in [1.54, 1.807) is 23.6 Å². The fourth-order valence-electron chi connectivity index (χ4n) is 3.95. The molecule has 7 nitrogen and oxygen atoms in total. The predicted molar refractivity (Wildman–Crippen MR) is 138 cm³/mol. The van der Waals surface area contributed by atoms with Crippen LogP contribution < -0.4 is 14.9 Å². The lowest BCUT2D eigenvalue weighted by Crippen LogP contribution is -2.37. The Balaban J connectivity index is 1.60. The maximum atomic E-state index is 13.2. The number of ether oxygens (including phenoxy) is 1. The van der Waals surface area contributed by atoms with Crippen molar-refractivity contribution in [1.29, 1.82) is 0 Å². The van der Waals surface area contributed by atoms with Crippen molar-refractivity contribution >= 4 is 55.9 Å². The first-order valence-corrected chi connectivity index (χ1v) is 13.5. The summed E-state index contributed by atoms with van der Waals surface area (Å²) in [7, 11) is -3.83. The number of benzene rings is 2. The van der Waals surface area contributed by atoms with Gasteiger partial charge in [-0.25, -0.2) is 8.42 Å². The monoisotopic (exact) mass is 519 g/mol. The Morgan fingerprint density at radius 1 is 1.09 bits per heavy atom. The zero-order chi connectivity index (χ0) is 24.5. The molecular weight excluding hydrogens is 494 g/mol. The number of carbonyl (C=O) groups is 1. The van der Waals surface area contributed by atoms with Gasteiger partial charge in [-0.05, 0) is 61.5 Å². The van der Waals surface area contributed by atoms with Crippen LogP contribution in [0.1, 0.15) is 26.4 Å². The van der Waals surface area contributed by atoms with E-state index in [-0.39, 0.29) is 15.5 Å². The smallest absolute Gasteiger partial charge is 0.267 e. The minimum atomic E-state index is -3.83. The van der Waals surface area contributed by atoms with E-state index < -0.39 is 15.9 Å². The van der Waals surface area contributed by atoms with Gasteiger partial charge in [-0.1, -0.05) is 29.3 Å². The first kappa shape index (κ1) is 24.5. The van der Waals surface area contributed by atoms with Crippen molar-refractivity contribution in [3.05, 3.63) is 68.4 Å². The molecule has 2 heterocycles. The molecule has 180 valence electrons. The summed E-state index contributed by atoms with van der Waals surface area (Å²) in [5.74, 6) is -0.391. The van der Waals surface area contributed by atoms with Gasteiger partial charge in [0.2, 0.25) is 0 Å². The van der Waals surface area contributed by atoms with E-state index in [1.165, 1.54) is 23.5 Å². The number of rotatable bonds is 6. The normalized spacial score (nSPS) is 14.2. The molecule has 0 bridgehead atoms. The average Bonchev–Trinajstić information content (AvgIpc) is 3.25. The lowest BCUT2D eigenvalue weighted by atomic mass is 10.0. The highest BCUT2D eigenvalue weighted by atomic mass is 35.5. The van der Waals surface area contributed by atoms with Crippen LogP contribution in [0.5, 0.6) is 0 Å². The van der Waals surface area contributed by atoms with E-state index in [2.05, 4.69) is 14.9 Å². The highest BCUT2D eigenvalue weighted by Gasteiger charge is 2.24. The summed E-state index contributed by atoms with van der Waals surface area (Å²) in [5, 5.41) is 5.29. The summed E-state index contributed by atoms with van der Waals surface area (Å²) in [4.78, 5) is 15.8. The van der Waals surface area contributed by atoms with E-state index in [9.17, 15) is 13.2 Å². The molecule has 0 atom stereocenters. The number of carbonyl (C=O) groups excluding carboxylic acids is 1. The van der Waals surface area contributed by atoms with Crippen LogP contribution in [-0.2, 0) is 14.8 Å². The van der Waals surface area contributed by atoms with Gasteiger partial charge in [0.25, 0.3) is 15.9 Å². The number of morpholine rings is 1. The van der Waals surface area contributed by atoms with Crippen LogP contribution in [0.25, 0.3) is 0 Å². The molecule has 0 saturated carbocycles. The summed E-state index contributed by atoms with van der Waals surface area (Å²) < 4.78 is 33.7. The van der Waals surface area contributed by atoms with Crippen molar-refractivity contribution in [2.75, 3.05) is 41.2 Å². The molecule has 0 spiro atoms. The minimum absolute atomic E-state index is 0.134. The highest BCUT2D eigenvalue weighted by molar-refractivity contribution is 7.92. The summed E-state index contributed by atoms with van der Waals surface area (Å²) >= 11 is 7.74. The number of thiophene rings is 1. The standard InChI is InChI=1S/C24H26ClN3O4S2/c1-15-4-6-18(7-5-15)34(30,31)27-20-8-13-33-23(20)24(29)26-21-16(2)14-19(25)22(17(21)3)28-9-11-32-12-10-28/h4-8,13-14,27H,9-12H2,1-3H3,(H,26,29). The van der Waals surface area contributed by atoms with Crippen LogP contribution in [0.4, 0.5) is 17.1 Å². The average molecular weight is 520 g/mol. The minimum Gasteiger partial charge on any atom is -0.378 e. The molecule has 1 fully saturated rings. The van der Waals surface area contributed by atoms with Crippen LogP contribution in [0.2, 0.25) is 5.02 Å². The van der Waals surface area contributed by atoms with Gasteiger partial charge in [0.1, 0.15) is 4.88 Å². The number of aryl methyl sites for hydroxylation is 2. The van der Waals surface area contributed by atoms with Crippen molar-refractivity contribution in [3.8, 4) is 0 Å². The van der Waals surface area contributed by atoms with Crippen molar-refractivity contribution in [2.45, 2.75) is 25.7 Å². The van der Waals surface area contributed by atoms with Gasteiger partial charge in [0, 0.05) is 18.8 Å². The first-order chi connectivity index (χ1) is 16.2. The number of nitrogens with one attached hydrogen (secondary N) is 2. The number of anilines is 3. The molecule has 0 radical (unpaired) electrons. The quantitative estimate of drug-likeness (QED) is 0.466. The Kier molecular flexibility index (Phi) is 7.18. The summed E-state index contributed by atoms with van der Waals surface area (Å²) in [6.45, 7) is 8.36. The third-order valence-corrected chi connectivity index (χ3v) is 8.29. The molecular formula is C24H26ClN3O4S2. The van der Waals surface area contributed by atoms with Gasteiger partial charge in [-0.2, -0.15) is 0 Å². The first-order valence-electron chi connectivity index (χ1n) is 10.8. The Bertz CT molecular complexity index is 1310. The van der Waals surface area contributed by atoms with Crippen molar-refractivity contribution in [2.24, 2.45) is 0 Å². The molecule has 3 aromatic rings. The van der Waals surface area contributed by atoms with Crippen LogP contribution in [-0.4, -0.2) is 40.6 Å². The maximum Gasteiger partial charge on any atom is 0.267 e. The van der Waals surface area contributed by atoms with Crippen molar-refractivity contribution in [1.82, 2.24) is 0 Å². The molecule has 1 amide bonds. The van der Waals surface area contributed by atoms with Crippen LogP contribution in [0.3, 0.4) is 0 Å². The van der Waals surface area contributed by atoms with Gasteiger partial charge >= 0.3 is 0 Å². The largest absolute Gasteiger partial charge is 0.378 e. The predicted octanol–water partition coefficient (Wildman–Crippen LogP) is 5.22. The second kappa shape index (κ2) is 9.95. The summed E-state index contributed by atoms with van der Waals surface area (Å²) in [6, 6.07) is 9.97. The number of hydrogen-bond acceptors (Lipinski definition) is 6. The van der Waals surface area contributed by atoms with Crippen molar-refractivity contribution in [3.63, 3.8) is 0 Å². The second-order valence-corrected chi connectivity index (χ2v) is 11.2. The summed E-state index contributed by atoms with van der Waals surface area (Å²) in [6.07, 6.45) is 0. The third kappa shape index (κ3) is 5.07. The highest BCUT2D eigenvalue weighted by Crippen LogP contribution is 2.38. The van der Waals surface area contributed by atoms with E-state index >= 15 is 0 Å². The summed E-state index contributed by atoms with van der Waals surface area (Å²) in [5.41, 5.74) is 4.42. The number of nitrogens with zero attached hydrogens (tertiary/aromatic N) is 1. The molecule has 0 unspecified atom stereocenters. The number of sulfonamides is 1. The number of hydrogen-bond donors (Lipinski definition) is 2. The third-order valence-electron chi connectivity index (χ3n) is 5.71. The van der Waals surface area contributed by atoms with Gasteiger partial charge in [-0.3, -0.25) is 9.52 Å². The SMILES string of the molecule is Cc1ccc(S(=O)(=O)Nc2ccsc2C(=O)Nc2c(C)cc(Cl)c(N3CCOCC3)c2C)cc1. The van der Waals surface area contributed by atoms with Gasteiger partial charge in [0.05, 0.1) is 34.5 Å². The van der Waals surface area contributed by atoms with Crippen LogP contribution >= 0.6 is 22.9 Å². The Labute approximate surface area is 208 Å². The molecule has 1 aromatic heterocycles. The van der Waals surface area contributed by atoms with E-state index in [0.29, 0.717) is 37.0 Å². The number of halogens is 1. The molecule has 10 heteroatoms. The molecule has 1 aliphatic heterocycles. The van der Waals surface area contributed by atoms with Crippen LogP contribution in [0, 0.1) is 20.8 Å². The molecule has 1 saturated heterocycles. The maximum absolute atomic E-state index is 13.2. The fraction of sp³-hybridized carbons (Fsp3) is 0.292. The lowest BCUT2D eigenvalue weighted by molar-refractivity contribution is 0.103. The molecule has 1 aliphatic rings. The van der Waals surface area contributed by atoms with Crippen molar-refractivity contribution < 1.29 is 17.9 Å². The van der Waals surface area contributed by atoms with Gasteiger partial charge < -0.3 is 15.0 Å². The topological polar surface area (TPSA) is 87.7 Å². The Hall–Kier alpha value is -2.59. The second-order valence-electron chi connectivity index (χ2n) is 8.16. The van der Waals surface area contributed by atoms with E-state index in [0.717, 1.165) is 22.4 Å². The molecule has 4 rings (SSSR count). The molecule has 2 N–H and O–H groups in total. The Morgan fingerprint density at radius 2 is 1.76 bits per heavy atom. The van der Waals surface area contributed by atoms with Gasteiger partial charge in [0.15, 0.2) is 0 Å².